The van der Waals surface area contributed by atoms with Gasteiger partial charge in [-0.05, 0) is 31.5 Å². The van der Waals surface area contributed by atoms with Crippen molar-refractivity contribution in [1.82, 2.24) is 18.7 Å². The van der Waals surface area contributed by atoms with Crippen molar-refractivity contribution in [3.63, 3.8) is 0 Å². The minimum atomic E-state index is -0.345. The summed E-state index contributed by atoms with van der Waals surface area (Å²) in [4.78, 5) is 31.8. The Labute approximate surface area is 148 Å². The Morgan fingerprint density at radius 1 is 1.24 bits per heavy atom. The molecule has 0 radical (unpaired) electrons. The quantitative estimate of drug-likeness (QED) is 0.702. The van der Waals surface area contributed by atoms with E-state index in [1.165, 1.54) is 9.13 Å². The maximum atomic E-state index is 12.8. The molecule has 1 aliphatic rings. The van der Waals surface area contributed by atoms with Crippen molar-refractivity contribution in [3.8, 4) is 0 Å². The molecule has 0 unspecified atom stereocenters. The lowest BCUT2D eigenvalue weighted by atomic mass is 10.2. The third kappa shape index (κ3) is 2.15. The molecule has 0 saturated heterocycles. The van der Waals surface area contributed by atoms with Gasteiger partial charge in [0.05, 0.1) is 0 Å². The second-order valence-corrected chi connectivity index (χ2v) is 6.65. The van der Waals surface area contributed by atoms with Crippen LogP contribution in [0.3, 0.4) is 0 Å². The number of nitrogens with zero attached hydrogens (tertiary/aromatic N) is 5. The molecule has 0 N–H and O–H groups in total. The molecule has 1 aliphatic heterocycles. The molecule has 0 spiro atoms. The fourth-order valence-electron chi connectivity index (χ4n) is 3.46. The van der Waals surface area contributed by atoms with Gasteiger partial charge in [-0.25, -0.2) is 4.79 Å². The average Bonchev–Trinajstić information content (AvgIpc) is 3.15. The zero-order valence-electron chi connectivity index (χ0n) is 14.3. The van der Waals surface area contributed by atoms with Gasteiger partial charge in [0, 0.05) is 37.4 Å². The van der Waals surface area contributed by atoms with Gasteiger partial charge in [-0.3, -0.25) is 13.9 Å². The molecule has 0 atom stereocenters. The lowest BCUT2D eigenvalue weighted by Gasteiger charge is -2.18. The van der Waals surface area contributed by atoms with Crippen LogP contribution >= 0.6 is 11.6 Å². The van der Waals surface area contributed by atoms with Gasteiger partial charge in [0.25, 0.3) is 5.56 Å². The minimum absolute atomic E-state index is 0.288. The van der Waals surface area contributed by atoms with Gasteiger partial charge in [-0.15, -0.1) is 0 Å². The number of aryl methyl sites for hydroxylation is 2. The molecule has 0 saturated carbocycles. The summed E-state index contributed by atoms with van der Waals surface area (Å²) in [5.74, 6) is 0.668. The lowest BCUT2D eigenvalue weighted by Crippen LogP contribution is -2.39. The number of hydrogen-bond acceptors (Lipinski definition) is 4. The molecular formula is C17H18ClN5O2. The Kier molecular flexibility index (Phi) is 3.50. The Bertz CT molecular complexity index is 1120. The molecule has 8 heteroatoms. The second-order valence-electron chi connectivity index (χ2n) is 6.21. The molecule has 3 heterocycles. The molecule has 0 amide bonds. The number of imidazole rings is 1. The number of aromatic nitrogens is 4. The molecule has 0 bridgehead atoms. The van der Waals surface area contributed by atoms with Gasteiger partial charge in [0.2, 0.25) is 5.95 Å². The first-order valence-electron chi connectivity index (χ1n) is 8.17. The number of anilines is 2. The molecule has 0 aliphatic carbocycles. The van der Waals surface area contributed by atoms with Crippen LogP contribution in [0.15, 0.2) is 27.8 Å². The van der Waals surface area contributed by atoms with Crippen LogP contribution in [0.2, 0.25) is 5.02 Å². The van der Waals surface area contributed by atoms with Crippen molar-refractivity contribution in [1.29, 1.82) is 0 Å². The van der Waals surface area contributed by atoms with Crippen molar-refractivity contribution in [3.05, 3.63) is 49.6 Å². The highest BCUT2D eigenvalue weighted by Gasteiger charge is 2.29. The van der Waals surface area contributed by atoms with E-state index in [2.05, 4.69) is 4.98 Å². The largest absolute Gasteiger partial charge is 0.332 e. The van der Waals surface area contributed by atoms with Crippen molar-refractivity contribution < 1.29 is 0 Å². The fourth-order valence-corrected chi connectivity index (χ4v) is 3.62. The molecule has 4 rings (SSSR count). The van der Waals surface area contributed by atoms with Crippen molar-refractivity contribution in [2.75, 3.05) is 11.4 Å². The summed E-state index contributed by atoms with van der Waals surface area (Å²) in [6, 6.07) is 5.71. The summed E-state index contributed by atoms with van der Waals surface area (Å²) in [6.45, 7) is 5.47. The Morgan fingerprint density at radius 3 is 2.72 bits per heavy atom. The summed E-state index contributed by atoms with van der Waals surface area (Å²) < 4.78 is 4.57. The highest BCUT2D eigenvalue weighted by molar-refractivity contribution is 6.30. The molecule has 7 nitrogen and oxygen atoms in total. The molecule has 2 aromatic heterocycles. The first-order valence-corrected chi connectivity index (χ1v) is 8.55. The first kappa shape index (κ1) is 16.0. The summed E-state index contributed by atoms with van der Waals surface area (Å²) in [5, 5.41) is 0.649. The topological polar surface area (TPSA) is 65.1 Å². The number of halogens is 1. The van der Waals surface area contributed by atoms with Crippen molar-refractivity contribution >= 4 is 34.4 Å². The van der Waals surface area contributed by atoms with E-state index in [-0.39, 0.29) is 11.2 Å². The zero-order valence-corrected chi connectivity index (χ0v) is 15.0. The fraction of sp³-hybridized carbons (Fsp3) is 0.353. The first-order chi connectivity index (χ1) is 11.9. The highest BCUT2D eigenvalue weighted by atomic mass is 35.5. The monoisotopic (exact) mass is 359 g/mol. The summed E-state index contributed by atoms with van der Waals surface area (Å²) in [6.07, 6.45) is 0. The number of rotatable bonds is 2. The van der Waals surface area contributed by atoms with Crippen molar-refractivity contribution in [2.45, 2.75) is 26.9 Å². The number of hydrogen-bond donors (Lipinski definition) is 0. The molecule has 0 fully saturated rings. The Balaban J connectivity index is 2.01. The minimum Gasteiger partial charge on any atom is -0.310 e. The lowest BCUT2D eigenvalue weighted by molar-refractivity contribution is 0.633. The highest BCUT2D eigenvalue weighted by Crippen LogP contribution is 2.34. The SMILES string of the molecule is CCn1c(=O)c2c(nc3n2CCN3c2cc(Cl)ccc2C)n(C)c1=O. The third-order valence-corrected chi connectivity index (χ3v) is 5.01. The standard InChI is InChI=1S/C17H18ClN5O2/c1-4-21-15(24)13-14(20(3)17(21)25)19-16-22(7-8-23(13)16)12-9-11(18)6-5-10(12)2/h5-6,9H,4,7-8H2,1-3H3. The van der Waals surface area contributed by atoms with Gasteiger partial charge in [-0.1, -0.05) is 17.7 Å². The normalized spacial score (nSPS) is 13.7. The van der Waals surface area contributed by atoms with Crippen LogP contribution in [0.1, 0.15) is 12.5 Å². The smallest absolute Gasteiger partial charge is 0.310 e. The van der Waals surface area contributed by atoms with Gasteiger partial charge < -0.3 is 9.47 Å². The molecule has 25 heavy (non-hydrogen) atoms. The zero-order chi connectivity index (χ0) is 17.9. The number of benzene rings is 1. The van der Waals surface area contributed by atoms with E-state index >= 15 is 0 Å². The van der Waals surface area contributed by atoms with E-state index in [1.807, 2.05) is 34.6 Å². The Morgan fingerprint density at radius 2 is 2.00 bits per heavy atom. The van der Waals surface area contributed by atoms with E-state index in [0.29, 0.717) is 41.8 Å². The van der Waals surface area contributed by atoms with Gasteiger partial charge in [-0.2, -0.15) is 4.98 Å². The summed E-state index contributed by atoms with van der Waals surface area (Å²) in [7, 11) is 1.65. The van der Waals surface area contributed by atoms with Gasteiger partial charge >= 0.3 is 5.69 Å². The van der Waals surface area contributed by atoms with Gasteiger partial charge in [0.15, 0.2) is 11.2 Å². The maximum Gasteiger partial charge on any atom is 0.332 e. The Hall–Kier alpha value is -2.54. The summed E-state index contributed by atoms with van der Waals surface area (Å²) in [5.41, 5.74) is 2.29. The predicted molar refractivity (Wildman–Crippen MR) is 98.1 cm³/mol. The molecular weight excluding hydrogens is 342 g/mol. The van der Waals surface area contributed by atoms with E-state index in [1.54, 1.807) is 14.0 Å². The van der Waals surface area contributed by atoms with Crippen LogP contribution in [0.4, 0.5) is 11.6 Å². The van der Waals surface area contributed by atoms with Crippen LogP contribution < -0.4 is 16.1 Å². The van der Waals surface area contributed by atoms with Crippen LogP contribution in [0, 0.1) is 6.92 Å². The van der Waals surface area contributed by atoms with Crippen molar-refractivity contribution in [2.24, 2.45) is 7.05 Å². The van der Waals surface area contributed by atoms with E-state index in [4.69, 9.17) is 11.6 Å². The van der Waals surface area contributed by atoms with E-state index < -0.39 is 0 Å². The predicted octanol–water partition coefficient (Wildman–Crippen LogP) is 2.03. The van der Waals surface area contributed by atoms with Crippen LogP contribution in [0.5, 0.6) is 0 Å². The maximum absolute atomic E-state index is 12.8. The second kappa shape index (κ2) is 5.49. The van der Waals surface area contributed by atoms with E-state index in [9.17, 15) is 9.59 Å². The molecule has 1 aromatic carbocycles. The molecule has 3 aromatic rings. The van der Waals surface area contributed by atoms with Crippen LogP contribution in [-0.4, -0.2) is 25.2 Å². The third-order valence-electron chi connectivity index (χ3n) is 4.78. The average molecular weight is 360 g/mol. The van der Waals surface area contributed by atoms with Crippen LogP contribution in [0.25, 0.3) is 11.2 Å². The molecule has 130 valence electrons. The summed E-state index contributed by atoms with van der Waals surface area (Å²) >= 11 is 6.16. The van der Waals surface area contributed by atoms with Gasteiger partial charge in [0.1, 0.15) is 0 Å². The number of fused-ring (bicyclic) bond motifs is 3. The van der Waals surface area contributed by atoms with Crippen LogP contribution in [-0.2, 0) is 20.1 Å². The van der Waals surface area contributed by atoms with E-state index in [0.717, 1.165) is 11.3 Å².